The Balaban J connectivity index is 3.18. The van der Waals surface area contributed by atoms with Crippen molar-refractivity contribution in [3.8, 4) is 5.75 Å². The first-order valence-corrected chi connectivity index (χ1v) is 6.27. The first kappa shape index (κ1) is 15.1. The summed E-state index contributed by atoms with van der Waals surface area (Å²) in [4.78, 5) is 12.1. The summed E-state index contributed by atoms with van der Waals surface area (Å²) >= 11 is 11.6. The van der Waals surface area contributed by atoms with E-state index in [0.717, 1.165) is 0 Å². The highest BCUT2D eigenvalue weighted by molar-refractivity contribution is 6.40. The molecule has 100 valence electrons. The van der Waals surface area contributed by atoms with Crippen LogP contribution >= 0.6 is 23.2 Å². The molecule has 5 N–H and O–H groups in total. The summed E-state index contributed by atoms with van der Waals surface area (Å²) in [5, 5.41) is 9.47. The third-order valence-electron chi connectivity index (χ3n) is 2.53. The van der Waals surface area contributed by atoms with Gasteiger partial charge in [-0.05, 0) is 18.4 Å². The normalized spacial score (nSPS) is 12.8. The number of halogens is 2. The first-order valence-electron chi connectivity index (χ1n) is 5.51. The van der Waals surface area contributed by atoms with Gasteiger partial charge in [-0.2, -0.15) is 0 Å². The van der Waals surface area contributed by atoms with Crippen molar-refractivity contribution >= 4 is 34.7 Å². The number of anilines is 1. The Bertz CT molecular complexity index is 476. The van der Waals surface area contributed by atoms with Gasteiger partial charge in [0.05, 0.1) is 21.7 Å². The summed E-state index contributed by atoms with van der Waals surface area (Å²) in [5.74, 6) is -0.476. The molecule has 1 aromatic rings. The van der Waals surface area contributed by atoms with Gasteiger partial charge < -0.3 is 16.6 Å². The van der Waals surface area contributed by atoms with Crippen molar-refractivity contribution in [2.75, 3.05) is 5.73 Å². The molecule has 6 heteroatoms. The number of phenolic OH excluding ortho intramolecular Hbond substituents is 1. The standard InChI is InChI=1S/C12H16Cl2N2O2/c1-5(2)3-8(16)12(18)9-7(15)4-6(13)11(17)10(9)14/h4-5,8,17H,3,15-16H2,1-2H3/t8-/m0/s1. The number of Topliss-reactive ketones (excluding diaryl/α,β-unsaturated/α-hetero) is 1. The third-order valence-corrected chi connectivity index (χ3v) is 3.19. The lowest BCUT2D eigenvalue weighted by Crippen LogP contribution is -2.32. The smallest absolute Gasteiger partial charge is 0.183 e. The van der Waals surface area contributed by atoms with Gasteiger partial charge in [0.25, 0.3) is 0 Å². The number of benzene rings is 1. The van der Waals surface area contributed by atoms with Crippen molar-refractivity contribution in [2.45, 2.75) is 26.3 Å². The number of hydrogen-bond donors (Lipinski definition) is 3. The fourth-order valence-electron chi connectivity index (χ4n) is 1.68. The molecule has 0 amide bonds. The van der Waals surface area contributed by atoms with Crippen molar-refractivity contribution in [1.82, 2.24) is 0 Å². The number of rotatable bonds is 4. The predicted molar refractivity (Wildman–Crippen MR) is 74.3 cm³/mol. The Labute approximate surface area is 116 Å². The minimum absolute atomic E-state index is 0.00600. The molecule has 0 fully saturated rings. The minimum Gasteiger partial charge on any atom is -0.505 e. The van der Waals surface area contributed by atoms with E-state index in [4.69, 9.17) is 34.7 Å². The summed E-state index contributed by atoms with van der Waals surface area (Å²) < 4.78 is 0. The SMILES string of the molecule is CC(C)C[C@H](N)C(=O)c1c(N)cc(Cl)c(O)c1Cl. The molecule has 0 radical (unpaired) electrons. The van der Waals surface area contributed by atoms with E-state index in [0.29, 0.717) is 6.42 Å². The van der Waals surface area contributed by atoms with Gasteiger partial charge in [-0.15, -0.1) is 0 Å². The highest BCUT2D eigenvalue weighted by atomic mass is 35.5. The molecular formula is C12H16Cl2N2O2. The lowest BCUT2D eigenvalue weighted by molar-refractivity contribution is 0.0952. The average molecular weight is 291 g/mol. The lowest BCUT2D eigenvalue weighted by atomic mass is 9.95. The number of carbonyl (C=O) groups excluding carboxylic acids is 1. The van der Waals surface area contributed by atoms with Crippen LogP contribution in [0.4, 0.5) is 5.69 Å². The number of nitrogens with two attached hydrogens (primary N) is 2. The number of aromatic hydroxyl groups is 1. The van der Waals surface area contributed by atoms with Gasteiger partial charge in [-0.3, -0.25) is 4.79 Å². The Morgan fingerprint density at radius 2 is 2.00 bits per heavy atom. The van der Waals surface area contributed by atoms with E-state index in [2.05, 4.69) is 0 Å². The van der Waals surface area contributed by atoms with Crippen molar-refractivity contribution in [3.05, 3.63) is 21.7 Å². The van der Waals surface area contributed by atoms with Crippen molar-refractivity contribution in [1.29, 1.82) is 0 Å². The van der Waals surface area contributed by atoms with E-state index in [1.165, 1.54) is 6.07 Å². The number of phenols is 1. The van der Waals surface area contributed by atoms with Gasteiger partial charge in [0.15, 0.2) is 11.5 Å². The second-order valence-corrected chi connectivity index (χ2v) is 5.37. The molecule has 0 heterocycles. The molecule has 0 unspecified atom stereocenters. The Kier molecular flexibility index (Phi) is 4.85. The topological polar surface area (TPSA) is 89.3 Å². The summed E-state index contributed by atoms with van der Waals surface area (Å²) in [7, 11) is 0. The van der Waals surface area contributed by atoms with Gasteiger partial charge in [-0.25, -0.2) is 0 Å². The zero-order valence-electron chi connectivity index (χ0n) is 10.2. The number of carbonyl (C=O) groups is 1. The monoisotopic (exact) mass is 290 g/mol. The van der Waals surface area contributed by atoms with E-state index in [1.54, 1.807) is 0 Å². The van der Waals surface area contributed by atoms with Crippen LogP contribution < -0.4 is 11.5 Å². The maximum absolute atomic E-state index is 12.1. The summed E-state index contributed by atoms with van der Waals surface area (Å²) in [6.07, 6.45) is 0.512. The molecule has 0 aromatic heterocycles. The molecule has 0 bridgehead atoms. The fourth-order valence-corrected chi connectivity index (χ4v) is 2.24. The van der Waals surface area contributed by atoms with E-state index in [-0.39, 0.29) is 33.0 Å². The molecule has 0 aliphatic heterocycles. The Morgan fingerprint density at radius 3 is 2.50 bits per heavy atom. The van der Waals surface area contributed by atoms with Crippen LogP contribution in [0.1, 0.15) is 30.6 Å². The molecule has 1 aromatic carbocycles. The molecule has 1 atom stereocenters. The average Bonchev–Trinajstić information content (AvgIpc) is 2.25. The highest BCUT2D eigenvalue weighted by Crippen LogP contribution is 2.38. The molecular weight excluding hydrogens is 275 g/mol. The predicted octanol–water partition coefficient (Wildman–Crippen LogP) is 2.84. The van der Waals surface area contributed by atoms with E-state index in [9.17, 15) is 9.90 Å². The molecule has 0 aliphatic carbocycles. The van der Waals surface area contributed by atoms with Gasteiger partial charge >= 0.3 is 0 Å². The van der Waals surface area contributed by atoms with Crippen molar-refractivity contribution < 1.29 is 9.90 Å². The molecule has 18 heavy (non-hydrogen) atoms. The molecule has 0 spiro atoms. The van der Waals surface area contributed by atoms with Crippen LogP contribution in [0, 0.1) is 5.92 Å². The quantitative estimate of drug-likeness (QED) is 0.452. The first-order chi connectivity index (χ1) is 8.25. The maximum atomic E-state index is 12.1. The largest absolute Gasteiger partial charge is 0.505 e. The summed E-state index contributed by atoms with van der Waals surface area (Å²) in [6.45, 7) is 3.91. The van der Waals surface area contributed by atoms with Gasteiger partial charge in [0, 0.05) is 5.69 Å². The van der Waals surface area contributed by atoms with Gasteiger partial charge in [0.2, 0.25) is 0 Å². The van der Waals surface area contributed by atoms with Crippen LogP contribution in [0.3, 0.4) is 0 Å². The summed E-state index contributed by atoms with van der Waals surface area (Å²) in [6, 6.07) is 0.586. The zero-order chi connectivity index (χ0) is 14.0. The van der Waals surface area contributed by atoms with Crippen LogP contribution in [0.15, 0.2) is 6.07 Å². The molecule has 1 rings (SSSR count). The second-order valence-electron chi connectivity index (χ2n) is 4.59. The maximum Gasteiger partial charge on any atom is 0.183 e. The number of ketones is 1. The van der Waals surface area contributed by atoms with Crippen LogP contribution in [0.2, 0.25) is 10.0 Å². The van der Waals surface area contributed by atoms with Crippen molar-refractivity contribution in [2.24, 2.45) is 11.7 Å². The molecule has 4 nitrogen and oxygen atoms in total. The van der Waals surface area contributed by atoms with E-state index in [1.807, 2.05) is 13.8 Å². The van der Waals surface area contributed by atoms with Crippen molar-refractivity contribution in [3.63, 3.8) is 0 Å². The lowest BCUT2D eigenvalue weighted by Gasteiger charge is -2.16. The number of nitrogen functional groups attached to an aromatic ring is 1. The number of hydrogen-bond acceptors (Lipinski definition) is 4. The Hall–Kier alpha value is -0.970. The second kappa shape index (κ2) is 5.78. The Morgan fingerprint density at radius 1 is 1.44 bits per heavy atom. The molecule has 0 aliphatic rings. The van der Waals surface area contributed by atoms with Crippen LogP contribution in [-0.2, 0) is 0 Å². The molecule has 0 saturated carbocycles. The molecule has 0 saturated heterocycles. The zero-order valence-corrected chi connectivity index (χ0v) is 11.7. The van der Waals surface area contributed by atoms with Crippen LogP contribution in [0.5, 0.6) is 5.75 Å². The van der Waals surface area contributed by atoms with Crippen LogP contribution in [-0.4, -0.2) is 16.9 Å². The highest BCUT2D eigenvalue weighted by Gasteiger charge is 2.24. The third kappa shape index (κ3) is 3.07. The van der Waals surface area contributed by atoms with Gasteiger partial charge in [-0.1, -0.05) is 37.0 Å². The van der Waals surface area contributed by atoms with Crippen LogP contribution in [0.25, 0.3) is 0 Å². The van der Waals surface area contributed by atoms with E-state index >= 15 is 0 Å². The minimum atomic E-state index is -0.703. The summed E-state index contributed by atoms with van der Waals surface area (Å²) in [5.41, 5.74) is 11.7. The van der Waals surface area contributed by atoms with E-state index < -0.39 is 11.8 Å². The fraction of sp³-hybridized carbons (Fsp3) is 0.417. The van der Waals surface area contributed by atoms with Gasteiger partial charge in [0.1, 0.15) is 0 Å².